The Morgan fingerprint density at radius 1 is 1.29 bits per heavy atom. The van der Waals surface area contributed by atoms with Crippen LogP contribution in [0.1, 0.15) is 16.1 Å². The van der Waals surface area contributed by atoms with E-state index in [1.807, 2.05) is 49.3 Å². The van der Waals surface area contributed by atoms with Gasteiger partial charge in [-0.05, 0) is 32.3 Å². The van der Waals surface area contributed by atoms with E-state index in [-0.39, 0.29) is 5.91 Å². The Hall–Kier alpha value is -2.58. The molecule has 0 bridgehead atoms. The summed E-state index contributed by atoms with van der Waals surface area (Å²) in [6.07, 6.45) is 1.74. The van der Waals surface area contributed by atoms with Crippen LogP contribution in [0.5, 0.6) is 0 Å². The first kappa shape index (κ1) is 14.8. The highest BCUT2D eigenvalue weighted by atomic mass is 16.1. The van der Waals surface area contributed by atoms with Crippen LogP contribution >= 0.6 is 0 Å². The average molecular weight is 282 g/mol. The van der Waals surface area contributed by atoms with Crippen LogP contribution in [0.15, 0.2) is 42.6 Å². The molecule has 21 heavy (non-hydrogen) atoms. The number of carbonyl (C=O) groups is 1. The second kappa shape index (κ2) is 6.73. The van der Waals surface area contributed by atoms with Crippen LogP contribution in [-0.4, -0.2) is 42.6 Å². The maximum absolute atomic E-state index is 12.4. The number of nitrogens with zero attached hydrogens (tertiary/aromatic N) is 3. The zero-order valence-corrected chi connectivity index (χ0v) is 12.2. The highest BCUT2D eigenvalue weighted by molar-refractivity contribution is 5.95. The summed E-state index contributed by atoms with van der Waals surface area (Å²) in [4.78, 5) is 14.3. The topological polar surface area (TPSA) is 61.1 Å². The van der Waals surface area contributed by atoms with Gasteiger partial charge in [0.2, 0.25) is 0 Å². The molecule has 1 aromatic heterocycles. The van der Waals surface area contributed by atoms with E-state index in [0.29, 0.717) is 17.8 Å². The second-order valence-electron chi connectivity index (χ2n) is 4.95. The third-order valence-electron chi connectivity index (χ3n) is 3.10. The summed E-state index contributed by atoms with van der Waals surface area (Å²) in [5.41, 5.74) is 1.61. The number of para-hydroxylation sites is 1. The Morgan fingerprint density at radius 3 is 2.62 bits per heavy atom. The lowest BCUT2D eigenvalue weighted by Gasteiger charge is -2.12. The maximum atomic E-state index is 12.4. The smallest absolute Gasteiger partial charge is 0.269 e. The normalized spacial score (nSPS) is 10.4. The monoisotopic (exact) mass is 282 g/mol. The molecule has 1 heterocycles. The fraction of sp³-hybridized carbons (Fsp3) is 0.250. The summed E-state index contributed by atoms with van der Waals surface area (Å²) in [7, 11) is 3.89. The highest BCUT2D eigenvalue weighted by Crippen LogP contribution is 2.16. The van der Waals surface area contributed by atoms with Gasteiger partial charge in [0.05, 0.1) is 5.56 Å². The van der Waals surface area contributed by atoms with Gasteiger partial charge in [-0.2, -0.15) is 5.26 Å². The van der Waals surface area contributed by atoms with E-state index in [0.717, 1.165) is 12.2 Å². The number of nitriles is 1. The van der Waals surface area contributed by atoms with Crippen molar-refractivity contribution in [2.75, 3.05) is 27.2 Å². The van der Waals surface area contributed by atoms with E-state index >= 15 is 0 Å². The van der Waals surface area contributed by atoms with E-state index in [1.54, 1.807) is 16.8 Å². The Kier molecular flexibility index (Phi) is 4.75. The SMILES string of the molecule is CN(C)CCNC(=O)c1c(C#N)ccn1-c1ccccc1. The molecule has 0 saturated heterocycles. The molecule has 0 fully saturated rings. The molecular weight excluding hydrogens is 264 g/mol. The van der Waals surface area contributed by atoms with Crippen LogP contribution in [0.25, 0.3) is 5.69 Å². The first-order chi connectivity index (χ1) is 10.1. The third kappa shape index (κ3) is 3.50. The largest absolute Gasteiger partial charge is 0.349 e. The highest BCUT2D eigenvalue weighted by Gasteiger charge is 2.17. The van der Waals surface area contributed by atoms with E-state index in [9.17, 15) is 10.1 Å². The number of hydrogen-bond donors (Lipinski definition) is 1. The van der Waals surface area contributed by atoms with Crippen molar-refractivity contribution in [3.63, 3.8) is 0 Å². The van der Waals surface area contributed by atoms with Gasteiger partial charge in [-0.25, -0.2) is 0 Å². The number of rotatable bonds is 5. The van der Waals surface area contributed by atoms with E-state index < -0.39 is 0 Å². The molecule has 2 rings (SSSR count). The van der Waals surface area contributed by atoms with Crippen molar-refractivity contribution in [2.24, 2.45) is 0 Å². The van der Waals surface area contributed by atoms with Crippen molar-refractivity contribution in [3.05, 3.63) is 53.9 Å². The van der Waals surface area contributed by atoms with Crippen molar-refractivity contribution < 1.29 is 4.79 Å². The molecule has 1 amide bonds. The van der Waals surface area contributed by atoms with Crippen molar-refractivity contribution in [1.29, 1.82) is 5.26 Å². The lowest BCUT2D eigenvalue weighted by molar-refractivity contribution is 0.0944. The Balaban J connectivity index is 2.27. The van der Waals surface area contributed by atoms with Gasteiger partial charge in [0, 0.05) is 25.0 Å². The fourth-order valence-corrected chi connectivity index (χ4v) is 2.03. The quantitative estimate of drug-likeness (QED) is 0.907. The molecule has 0 atom stereocenters. The van der Waals surface area contributed by atoms with Gasteiger partial charge < -0.3 is 14.8 Å². The Morgan fingerprint density at radius 2 is 2.00 bits per heavy atom. The number of carbonyl (C=O) groups excluding carboxylic acids is 1. The van der Waals surface area contributed by atoms with Crippen molar-refractivity contribution in [2.45, 2.75) is 0 Å². The first-order valence-corrected chi connectivity index (χ1v) is 6.73. The molecular formula is C16H18N4O. The van der Waals surface area contributed by atoms with Crippen LogP contribution in [-0.2, 0) is 0 Å². The summed E-state index contributed by atoms with van der Waals surface area (Å²) in [5, 5.41) is 12.0. The number of nitrogens with one attached hydrogen (secondary N) is 1. The van der Waals surface area contributed by atoms with Crippen LogP contribution in [0.2, 0.25) is 0 Å². The maximum Gasteiger partial charge on any atom is 0.269 e. The standard InChI is InChI=1S/C16H18N4O/c1-19(2)11-9-18-16(21)15-13(12-17)8-10-20(15)14-6-4-3-5-7-14/h3-8,10H,9,11H2,1-2H3,(H,18,21). The van der Waals surface area contributed by atoms with Crippen molar-refractivity contribution >= 4 is 5.91 Å². The fourth-order valence-electron chi connectivity index (χ4n) is 2.03. The molecule has 0 aliphatic rings. The Bertz CT molecular complexity index is 653. The molecule has 0 spiro atoms. The van der Waals surface area contributed by atoms with Crippen LogP contribution < -0.4 is 5.32 Å². The average Bonchev–Trinajstić information content (AvgIpc) is 2.91. The zero-order chi connectivity index (χ0) is 15.2. The minimum absolute atomic E-state index is 0.234. The van der Waals surface area contributed by atoms with Crippen LogP contribution in [0, 0.1) is 11.3 Å². The summed E-state index contributed by atoms with van der Waals surface area (Å²) >= 11 is 0. The minimum Gasteiger partial charge on any atom is -0.349 e. The molecule has 0 unspecified atom stereocenters. The molecule has 0 aliphatic carbocycles. The van der Waals surface area contributed by atoms with E-state index in [2.05, 4.69) is 11.4 Å². The summed E-state index contributed by atoms with van der Waals surface area (Å²) in [5.74, 6) is -0.234. The lowest BCUT2D eigenvalue weighted by atomic mass is 10.2. The van der Waals surface area contributed by atoms with Gasteiger partial charge in [-0.15, -0.1) is 0 Å². The number of hydrogen-bond acceptors (Lipinski definition) is 3. The first-order valence-electron chi connectivity index (χ1n) is 6.73. The second-order valence-corrected chi connectivity index (χ2v) is 4.95. The molecule has 0 saturated carbocycles. The van der Waals surface area contributed by atoms with Gasteiger partial charge >= 0.3 is 0 Å². The lowest BCUT2D eigenvalue weighted by Crippen LogP contribution is -2.32. The van der Waals surface area contributed by atoms with Crippen LogP contribution in [0.4, 0.5) is 0 Å². The van der Waals surface area contributed by atoms with Crippen molar-refractivity contribution in [3.8, 4) is 11.8 Å². The predicted octanol–water partition coefficient (Wildman–Crippen LogP) is 1.64. The number of benzene rings is 1. The number of aromatic nitrogens is 1. The van der Waals surface area contributed by atoms with E-state index in [4.69, 9.17) is 0 Å². The van der Waals surface area contributed by atoms with Crippen molar-refractivity contribution in [1.82, 2.24) is 14.8 Å². The molecule has 5 nitrogen and oxygen atoms in total. The van der Waals surface area contributed by atoms with Gasteiger partial charge in [-0.3, -0.25) is 4.79 Å². The van der Waals surface area contributed by atoms with Gasteiger partial charge in [0.25, 0.3) is 5.91 Å². The molecule has 1 N–H and O–H groups in total. The molecule has 0 aliphatic heterocycles. The zero-order valence-electron chi connectivity index (χ0n) is 12.2. The predicted molar refractivity (Wildman–Crippen MR) is 81.4 cm³/mol. The molecule has 0 radical (unpaired) electrons. The molecule has 2 aromatic rings. The van der Waals surface area contributed by atoms with E-state index in [1.165, 1.54) is 0 Å². The summed E-state index contributed by atoms with van der Waals surface area (Å²) in [6, 6.07) is 13.2. The Labute approximate surface area is 124 Å². The van der Waals surface area contributed by atoms with Gasteiger partial charge in [0.15, 0.2) is 0 Å². The van der Waals surface area contributed by atoms with Gasteiger partial charge in [-0.1, -0.05) is 18.2 Å². The minimum atomic E-state index is -0.234. The summed E-state index contributed by atoms with van der Waals surface area (Å²) < 4.78 is 1.74. The summed E-state index contributed by atoms with van der Waals surface area (Å²) in [6.45, 7) is 1.29. The van der Waals surface area contributed by atoms with Crippen LogP contribution in [0.3, 0.4) is 0 Å². The number of likely N-dealkylation sites (N-methyl/N-ethyl adjacent to an activating group) is 1. The number of amides is 1. The third-order valence-corrected chi connectivity index (χ3v) is 3.10. The molecule has 5 heteroatoms. The molecule has 108 valence electrons. The molecule has 1 aromatic carbocycles. The van der Waals surface area contributed by atoms with Gasteiger partial charge in [0.1, 0.15) is 11.8 Å².